The molecule has 1 rings (SSSR count). The fourth-order valence-electron chi connectivity index (χ4n) is 1.95. The summed E-state index contributed by atoms with van der Waals surface area (Å²) >= 11 is 0. The smallest absolute Gasteiger partial charge is 0.223 e. The van der Waals surface area contributed by atoms with E-state index in [1.165, 1.54) is 0 Å². The van der Waals surface area contributed by atoms with Crippen molar-refractivity contribution in [2.24, 2.45) is 5.92 Å². The number of carbonyl (C=O) groups excluding carboxylic acids is 1. The van der Waals surface area contributed by atoms with Crippen LogP contribution in [0.25, 0.3) is 0 Å². The van der Waals surface area contributed by atoms with Crippen LogP contribution in [0.2, 0.25) is 0 Å². The first-order valence-corrected chi connectivity index (χ1v) is 4.95. The van der Waals surface area contributed by atoms with Crippen LogP contribution in [0.1, 0.15) is 20.3 Å². The van der Waals surface area contributed by atoms with Crippen LogP contribution in [-0.2, 0) is 4.79 Å². The lowest BCUT2D eigenvalue weighted by molar-refractivity contribution is -0.129. The summed E-state index contributed by atoms with van der Waals surface area (Å²) in [5.74, 6) is 0.853. The van der Waals surface area contributed by atoms with E-state index in [4.69, 9.17) is 0 Å². The Balaban J connectivity index is 2.45. The number of likely N-dealkylation sites (tertiary alicyclic amines) is 1. The van der Waals surface area contributed by atoms with E-state index in [1.807, 2.05) is 4.90 Å². The summed E-state index contributed by atoms with van der Waals surface area (Å²) in [6, 6.07) is 0.361. The highest BCUT2D eigenvalue weighted by atomic mass is 16.2. The van der Waals surface area contributed by atoms with Gasteiger partial charge in [0.05, 0.1) is 0 Å². The van der Waals surface area contributed by atoms with Gasteiger partial charge in [-0.15, -0.1) is 0 Å². The molecule has 0 N–H and O–H groups in total. The zero-order valence-electron chi connectivity index (χ0n) is 9.08. The van der Waals surface area contributed by atoms with Crippen LogP contribution in [-0.4, -0.2) is 48.9 Å². The predicted octanol–water partition coefficient (Wildman–Crippen LogP) is 0.805. The quantitative estimate of drug-likeness (QED) is 0.648. The molecule has 0 aliphatic carbocycles. The van der Waals surface area contributed by atoms with Crippen LogP contribution in [0.4, 0.5) is 0 Å². The topological polar surface area (TPSA) is 23.6 Å². The fourth-order valence-corrected chi connectivity index (χ4v) is 1.95. The normalized spacial score (nSPS) is 23.7. The Morgan fingerprint density at radius 2 is 2.15 bits per heavy atom. The highest BCUT2D eigenvalue weighted by Crippen LogP contribution is 2.20. The van der Waals surface area contributed by atoms with Crippen molar-refractivity contribution in [3.05, 3.63) is 0 Å². The van der Waals surface area contributed by atoms with Gasteiger partial charge in [0.25, 0.3) is 0 Å². The van der Waals surface area contributed by atoms with E-state index in [9.17, 15) is 4.79 Å². The molecule has 0 aromatic heterocycles. The molecule has 1 heterocycles. The molecule has 0 bridgehead atoms. The van der Waals surface area contributed by atoms with Crippen molar-refractivity contribution in [1.82, 2.24) is 9.80 Å². The van der Waals surface area contributed by atoms with Crippen LogP contribution in [0, 0.1) is 5.92 Å². The molecule has 0 spiro atoms. The molecule has 0 aromatic rings. The van der Waals surface area contributed by atoms with E-state index in [2.05, 4.69) is 32.8 Å². The standard InChI is InChI=1S/C10H20N2O/c1-8(2)12-7-9(5-10(12)13)6-11(3)4/h8-9H,5-7H2,1-4H3. The first-order valence-electron chi connectivity index (χ1n) is 4.95. The molecule has 3 nitrogen and oxygen atoms in total. The molecule has 3 heteroatoms. The zero-order valence-corrected chi connectivity index (χ0v) is 9.08. The average molecular weight is 184 g/mol. The number of rotatable bonds is 3. The Kier molecular flexibility index (Phi) is 3.31. The second-order valence-corrected chi connectivity index (χ2v) is 4.47. The number of nitrogens with zero attached hydrogens (tertiary/aromatic N) is 2. The van der Waals surface area contributed by atoms with Crippen molar-refractivity contribution in [2.45, 2.75) is 26.3 Å². The van der Waals surface area contributed by atoms with Gasteiger partial charge in [-0.3, -0.25) is 4.79 Å². The molecular formula is C10H20N2O. The monoisotopic (exact) mass is 184 g/mol. The highest BCUT2D eigenvalue weighted by molar-refractivity contribution is 5.78. The molecule has 1 aliphatic rings. The van der Waals surface area contributed by atoms with Crippen LogP contribution in [0.3, 0.4) is 0 Å². The van der Waals surface area contributed by atoms with Crippen molar-refractivity contribution >= 4 is 5.91 Å². The molecule has 76 valence electrons. The molecule has 1 aliphatic heterocycles. The van der Waals surface area contributed by atoms with Crippen LogP contribution in [0.15, 0.2) is 0 Å². The largest absolute Gasteiger partial charge is 0.340 e. The van der Waals surface area contributed by atoms with Gasteiger partial charge in [0, 0.05) is 25.6 Å². The van der Waals surface area contributed by atoms with Gasteiger partial charge in [0.2, 0.25) is 5.91 Å². The summed E-state index contributed by atoms with van der Waals surface area (Å²) in [6.45, 7) is 6.12. The average Bonchev–Trinajstić information content (AvgIpc) is 2.29. The lowest BCUT2D eigenvalue weighted by atomic mass is 10.1. The zero-order chi connectivity index (χ0) is 10.0. The first-order chi connectivity index (χ1) is 6.00. The van der Waals surface area contributed by atoms with Gasteiger partial charge in [0.1, 0.15) is 0 Å². The molecule has 13 heavy (non-hydrogen) atoms. The minimum atomic E-state index is 0.321. The van der Waals surface area contributed by atoms with Crippen molar-refractivity contribution in [3.63, 3.8) is 0 Å². The van der Waals surface area contributed by atoms with E-state index in [-0.39, 0.29) is 0 Å². The van der Waals surface area contributed by atoms with Crippen molar-refractivity contribution in [2.75, 3.05) is 27.2 Å². The minimum Gasteiger partial charge on any atom is -0.340 e. The third-order valence-corrected chi connectivity index (χ3v) is 2.49. The Labute approximate surface area is 80.7 Å². The summed E-state index contributed by atoms with van der Waals surface area (Å²) in [5, 5.41) is 0. The van der Waals surface area contributed by atoms with Gasteiger partial charge in [-0.25, -0.2) is 0 Å². The first kappa shape index (κ1) is 10.5. The van der Waals surface area contributed by atoms with Gasteiger partial charge < -0.3 is 9.80 Å². The maximum Gasteiger partial charge on any atom is 0.223 e. The van der Waals surface area contributed by atoms with Gasteiger partial charge in [-0.05, 0) is 33.9 Å². The summed E-state index contributed by atoms with van der Waals surface area (Å²) in [6.07, 6.45) is 0.732. The maximum absolute atomic E-state index is 11.5. The lowest BCUT2D eigenvalue weighted by Crippen LogP contribution is -2.33. The summed E-state index contributed by atoms with van der Waals surface area (Å²) in [5.41, 5.74) is 0. The number of amides is 1. The maximum atomic E-state index is 11.5. The Hall–Kier alpha value is -0.570. The third kappa shape index (κ3) is 2.69. The lowest BCUT2D eigenvalue weighted by Gasteiger charge is -2.21. The minimum absolute atomic E-state index is 0.321. The molecule has 1 saturated heterocycles. The van der Waals surface area contributed by atoms with E-state index >= 15 is 0 Å². The number of hydrogen-bond donors (Lipinski definition) is 0. The molecule has 0 radical (unpaired) electrons. The highest BCUT2D eigenvalue weighted by Gasteiger charge is 2.30. The van der Waals surface area contributed by atoms with Gasteiger partial charge >= 0.3 is 0 Å². The summed E-state index contributed by atoms with van der Waals surface area (Å²) in [4.78, 5) is 15.6. The van der Waals surface area contributed by atoms with E-state index in [0.717, 1.165) is 19.5 Å². The van der Waals surface area contributed by atoms with Crippen LogP contribution in [0.5, 0.6) is 0 Å². The van der Waals surface area contributed by atoms with Gasteiger partial charge in [-0.2, -0.15) is 0 Å². The molecule has 0 saturated carbocycles. The van der Waals surface area contributed by atoms with E-state index < -0.39 is 0 Å². The molecule has 1 atom stereocenters. The van der Waals surface area contributed by atoms with Crippen molar-refractivity contribution < 1.29 is 4.79 Å². The van der Waals surface area contributed by atoms with Gasteiger partial charge in [-0.1, -0.05) is 0 Å². The number of carbonyl (C=O) groups is 1. The van der Waals surface area contributed by atoms with E-state index in [1.54, 1.807) is 0 Å². The molecule has 1 amide bonds. The summed E-state index contributed by atoms with van der Waals surface area (Å²) in [7, 11) is 4.12. The Morgan fingerprint density at radius 3 is 2.54 bits per heavy atom. The predicted molar refractivity (Wildman–Crippen MR) is 53.5 cm³/mol. The third-order valence-electron chi connectivity index (χ3n) is 2.49. The Morgan fingerprint density at radius 1 is 1.54 bits per heavy atom. The molecule has 1 fully saturated rings. The fraction of sp³-hybridized carbons (Fsp3) is 0.900. The second kappa shape index (κ2) is 4.09. The second-order valence-electron chi connectivity index (χ2n) is 4.47. The SMILES string of the molecule is CC(C)N1CC(CN(C)C)CC1=O. The number of hydrogen-bond acceptors (Lipinski definition) is 2. The van der Waals surface area contributed by atoms with E-state index in [0.29, 0.717) is 17.9 Å². The van der Waals surface area contributed by atoms with Crippen LogP contribution < -0.4 is 0 Å². The van der Waals surface area contributed by atoms with Crippen molar-refractivity contribution in [3.8, 4) is 0 Å². The summed E-state index contributed by atoms with van der Waals surface area (Å²) < 4.78 is 0. The Bertz CT molecular complexity index is 189. The molecular weight excluding hydrogens is 164 g/mol. The van der Waals surface area contributed by atoms with Crippen LogP contribution >= 0.6 is 0 Å². The molecule has 1 unspecified atom stereocenters. The van der Waals surface area contributed by atoms with Gasteiger partial charge in [0.15, 0.2) is 0 Å². The molecule has 0 aromatic carbocycles. The van der Waals surface area contributed by atoms with Crippen molar-refractivity contribution in [1.29, 1.82) is 0 Å².